The van der Waals surface area contributed by atoms with Crippen molar-refractivity contribution in [2.24, 2.45) is 0 Å². The molecule has 2 heteroatoms. The van der Waals surface area contributed by atoms with Crippen molar-refractivity contribution in [3.05, 3.63) is 30.3 Å². The van der Waals surface area contributed by atoms with Gasteiger partial charge in [0, 0.05) is 0 Å². The van der Waals surface area contributed by atoms with Gasteiger partial charge in [0.2, 0.25) is 0 Å². The summed E-state index contributed by atoms with van der Waals surface area (Å²) >= 11 is 0. The van der Waals surface area contributed by atoms with E-state index in [-0.39, 0.29) is 6.10 Å². The van der Waals surface area contributed by atoms with Gasteiger partial charge < -0.3 is 9.47 Å². The Hall–Kier alpha value is -1.02. The van der Waals surface area contributed by atoms with Gasteiger partial charge in [-0.1, -0.05) is 12.1 Å². The zero-order valence-corrected chi connectivity index (χ0v) is 8.12. The maximum Gasteiger partial charge on any atom is 0.119 e. The zero-order valence-electron chi connectivity index (χ0n) is 8.12. The lowest BCUT2D eigenvalue weighted by Gasteiger charge is -2.08. The largest absolute Gasteiger partial charge is 0.491 e. The van der Waals surface area contributed by atoms with Crippen LogP contribution in [0, 0.1) is 6.07 Å². The highest BCUT2D eigenvalue weighted by Crippen LogP contribution is 2.07. The SMILES string of the molecule is CC(C)OCCOc1cc[c]cc1. The van der Waals surface area contributed by atoms with Gasteiger partial charge >= 0.3 is 0 Å². The fourth-order valence-corrected chi connectivity index (χ4v) is 0.911. The van der Waals surface area contributed by atoms with E-state index in [9.17, 15) is 0 Å². The van der Waals surface area contributed by atoms with Gasteiger partial charge in [-0.15, -0.1) is 0 Å². The van der Waals surface area contributed by atoms with E-state index in [1.165, 1.54) is 0 Å². The minimum atomic E-state index is 0.271. The molecule has 0 bridgehead atoms. The first-order valence-electron chi connectivity index (χ1n) is 4.49. The molecule has 0 saturated heterocycles. The molecule has 0 aromatic heterocycles. The van der Waals surface area contributed by atoms with Gasteiger partial charge in [-0.25, -0.2) is 0 Å². The van der Waals surface area contributed by atoms with Crippen LogP contribution in [0.3, 0.4) is 0 Å². The molecule has 13 heavy (non-hydrogen) atoms. The molecule has 0 aliphatic heterocycles. The summed E-state index contributed by atoms with van der Waals surface area (Å²) in [5, 5.41) is 0. The third-order valence-corrected chi connectivity index (χ3v) is 1.49. The first-order chi connectivity index (χ1) is 6.29. The Morgan fingerprint density at radius 2 is 1.92 bits per heavy atom. The van der Waals surface area contributed by atoms with Crippen LogP contribution in [0.1, 0.15) is 13.8 Å². The molecule has 0 fully saturated rings. The summed E-state index contributed by atoms with van der Waals surface area (Å²) in [4.78, 5) is 0. The van der Waals surface area contributed by atoms with Gasteiger partial charge in [0.05, 0.1) is 12.7 Å². The molecule has 0 aliphatic carbocycles. The molecule has 0 heterocycles. The molecule has 0 aliphatic rings. The van der Waals surface area contributed by atoms with Gasteiger partial charge in [0.25, 0.3) is 0 Å². The number of rotatable bonds is 5. The van der Waals surface area contributed by atoms with Crippen molar-refractivity contribution >= 4 is 0 Å². The minimum Gasteiger partial charge on any atom is -0.491 e. The smallest absolute Gasteiger partial charge is 0.119 e. The van der Waals surface area contributed by atoms with Crippen LogP contribution in [0.5, 0.6) is 5.75 Å². The lowest BCUT2D eigenvalue weighted by atomic mass is 10.3. The Bertz CT molecular complexity index is 219. The van der Waals surface area contributed by atoms with Crippen molar-refractivity contribution in [3.8, 4) is 5.75 Å². The van der Waals surface area contributed by atoms with Gasteiger partial charge in [0.1, 0.15) is 12.4 Å². The second-order valence-electron chi connectivity index (χ2n) is 3.00. The van der Waals surface area contributed by atoms with Crippen LogP contribution in [0.2, 0.25) is 0 Å². The van der Waals surface area contributed by atoms with E-state index in [1.807, 2.05) is 38.1 Å². The molecule has 0 amide bonds. The van der Waals surface area contributed by atoms with Crippen molar-refractivity contribution < 1.29 is 9.47 Å². The Morgan fingerprint density at radius 3 is 2.54 bits per heavy atom. The highest BCUT2D eigenvalue weighted by molar-refractivity contribution is 5.20. The van der Waals surface area contributed by atoms with Gasteiger partial charge in [-0.3, -0.25) is 0 Å². The van der Waals surface area contributed by atoms with E-state index >= 15 is 0 Å². The molecule has 1 aromatic carbocycles. The Balaban J connectivity index is 2.13. The molecule has 0 unspecified atom stereocenters. The Labute approximate surface area is 79.5 Å². The van der Waals surface area contributed by atoms with Gasteiger partial charge in [0.15, 0.2) is 0 Å². The molecule has 71 valence electrons. The quantitative estimate of drug-likeness (QED) is 0.646. The summed E-state index contributed by atoms with van der Waals surface area (Å²) in [6.45, 7) is 5.26. The summed E-state index contributed by atoms with van der Waals surface area (Å²) < 4.78 is 10.7. The molecule has 1 aromatic rings. The lowest BCUT2D eigenvalue weighted by Crippen LogP contribution is -2.11. The summed E-state index contributed by atoms with van der Waals surface area (Å²) in [5.41, 5.74) is 0. The predicted molar refractivity (Wildman–Crippen MR) is 51.9 cm³/mol. The van der Waals surface area contributed by atoms with Crippen LogP contribution in [-0.2, 0) is 4.74 Å². The zero-order chi connectivity index (χ0) is 9.52. The average molecular weight is 179 g/mol. The molecule has 0 N–H and O–H groups in total. The fraction of sp³-hybridized carbons (Fsp3) is 0.455. The minimum absolute atomic E-state index is 0.271. The van der Waals surface area contributed by atoms with Crippen molar-refractivity contribution in [3.63, 3.8) is 0 Å². The van der Waals surface area contributed by atoms with Crippen LogP contribution < -0.4 is 4.74 Å². The van der Waals surface area contributed by atoms with Gasteiger partial charge in [-0.2, -0.15) is 0 Å². The second-order valence-corrected chi connectivity index (χ2v) is 3.00. The third-order valence-electron chi connectivity index (χ3n) is 1.49. The number of benzene rings is 1. The first kappa shape index (κ1) is 10.1. The maximum absolute atomic E-state index is 5.41. The van der Waals surface area contributed by atoms with E-state index in [0.29, 0.717) is 13.2 Å². The lowest BCUT2D eigenvalue weighted by molar-refractivity contribution is 0.0553. The normalized spacial score (nSPS) is 10.4. The third kappa shape index (κ3) is 4.53. The molecule has 0 saturated carbocycles. The molecule has 1 rings (SSSR count). The van der Waals surface area contributed by atoms with Crippen LogP contribution in [-0.4, -0.2) is 19.3 Å². The van der Waals surface area contributed by atoms with E-state index < -0.39 is 0 Å². The maximum atomic E-state index is 5.41. The second kappa shape index (κ2) is 5.60. The Kier molecular flexibility index (Phi) is 4.33. The topological polar surface area (TPSA) is 18.5 Å². The van der Waals surface area contributed by atoms with Crippen LogP contribution in [0.25, 0.3) is 0 Å². The summed E-state index contributed by atoms with van der Waals surface area (Å²) in [5.74, 6) is 0.867. The number of hydrogen-bond donors (Lipinski definition) is 0. The molecule has 0 atom stereocenters. The average Bonchev–Trinajstić information content (AvgIpc) is 2.14. The van der Waals surface area contributed by atoms with Crippen molar-refractivity contribution in [2.75, 3.05) is 13.2 Å². The van der Waals surface area contributed by atoms with Crippen molar-refractivity contribution in [2.45, 2.75) is 20.0 Å². The van der Waals surface area contributed by atoms with Crippen molar-refractivity contribution in [1.29, 1.82) is 0 Å². The van der Waals surface area contributed by atoms with E-state index in [4.69, 9.17) is 9.47 Å². The molecular formula is C11H15O2. The summed E-state index contributed by atoms with van der Waals surface area (Å²) in [6.07, 6.45) is 0.271. The Morgan fingerprint density at radius 1 is 1.23 bits per heavy atom. The highest BCUT2D eigenvalue weighted by Gasteiger charge is 1.94. The van der Waals surface area contributed by atoms with Crippen LogP contribution >= 0.6 is 0 Å². The number of hydrogen-bond acceptors (Lipinski definition) is 2. The van der Waals surface area contributed by atoms with E-state index in [0.717, 1.165) is 5.75 Å². The summed E-state index contributed by atoms with van der Waals surface area (Å²) in [6, 6.07) is 10.4. The summed E-state index contributed by atoms with van der Waals surface area (Å²) in [7, 11) is 0. The highest BCUT2D eigenvalue weighted by atomic mass is 16.5. The standard InChI is InChI=1S/C11H15O2/c1-10(2)12-8-9-13-11-6-4-3-5-7-11/h4-7,10H,8-9H2,1-2H3. The monoisotopic (exact) mass is 179 g/mol. The van der Waals surface area contributed by atoms with Gasteiger partial charge in [-0.05, 0) is 32.0 Å². The predicted octanol–water partition coefficient (Wildman–Crippen LogP) is 2.29. The van der Waals surface area contributed by atoms with Crippen molar-refractivity contribution in [1.82, 2.24) is 0 Å². The number of ether oxygens (including phenoxy) is 2. The van der Waals surface area contributed by atoms with Crippen LogP contribution in [0.15, 0.2) is 24.3 Å². The molecule has 2 nitrogen and oxygen atoms in total. The van der Waals surface area contributed by atoms with Crippen LogP contribution in [0.4, 0.5) is 0 Å². The molecular weight excluding hydrogens is 164 g/mol. The molecule has 1 radical (unpaired) electrons. The molecule has 0 spiro atoms. The fourth-order valence-electron chi connectivity index (χ4n) is 0.911. The first-order valence-corrected chi connectivity index (χ1v) is 4.49. The van der Waals surface area contributed by atoms with E-state index in [1.54, 1.807) is 0 Å². The van der Waals surface area contributed by atoms with E-state index in [2.05, 4.69) is 6.07 Å².